The number of esters is 1. The van der Waals surface area contributed by atoms with Crippen LogP contribution in [0.3, 0.4) is 0 Å². The topological polar surface area (TPSA) is 43.6 Å². The fourth-order valence-electron chi connectivity index (χ4n) is 2.91. The minimum absolute atomic E-state index is 0.0434. The van der Waals surface area contributed by atoms with Gasteiger partial charge in [-0.1, -0.05) is 29.8 Å². The highest BCUT2D eigenvalue weighted by molar-refractivity contribution is 6.30. The third-order valence-electron chi connectivity index (χ3n) is 4.27. The Kier molecular flexibility index (Phi) is 3.54. The van der Waals surface area contributed by atoms with E-state index in [4.69, 9.17) is 16.3 Å². The van der Waals surface area contributed by atoms with Gasteiger partial charge in [-0.2, -0.15) is 0 Å². The summed E-state index contributed by atoms with van der Waals surface area (Å²) in [5.41, 5.74) is 2.91. The molecule has 0 unspecified atom stereocenters. The summed E-state index contributed by atoms with van der Waals surface area (Å²) in [6.45, 7) is 0.260. The average Bonchev–Trinajstić information content (AvgIpc) is 3.22. The Balaban J connectivity index is 1.40. The molecule has 5 heteroatoms. The first-order chi connectivity index (χ1) is 11.2. The minimum atomic E-state index is -0.137. The zero-order chi connectivity index (χ0) is 15.8. The third-order valence-corrected chi connectivity index (χ3v) is 4.52. The Morgan fingerprint density at radius 1 is 1.26 bits per heavy atom. The van der Waals surface area contributed by atoms with Gasteiger partial charge in [0.25, 0.3) is 0 Å². The second kappa shape index (κ2) is 5.70. The molecule has 1 aliphatic rings. The first kappa shape index (κ1) is 14.3. The molecule has 0 N–H and O–H groups in total. The molecule has 1 aromatic carbocycles. The van der Waals surface area contributed by atoms with Gasteiger partial charge in [0.05, 0.1) is 11.6 Å². The lowest BCUT2D eigenvalue weighted by Crippen LogP contribution is -2.09. The van der Waals surface area contributed by atoms with Crippen LogP contribution in [0.1, 0.15) is 23.6 Å². The zero-order valence-corrected chi connectivity index (χ0v) is 13.1. The molecule has 3 aromatic rings. The van der Waals surface area contributed by atoms with Crippen molar-refractivity contribution in [2.75, 3.05) is 0 Å². The zero-order valence-electron chi connectivity index (χ0n) is 12.4. The molecule has 4 nitrogen and oxygen atoms in total. The highest BCUT2D eigenvalue weighted by Crippen LogP contribution is 2.48. The van der Waals surface area contributed by atoms with Crippen molar-refractivity contribution in [2.45, 2.75) is 18.9 Å². The van der Waals surface area contributed by atoms with Gasteiger partial charge in [-0.15, -0.1) is 0 Å². The molecule has 2 atom stereocenters. The second-order valence-corrected chi connectivity index (χ2v) is 6.22. The molecule has 0 saturated heterocycles. The van der Waals surface area contributed by atoms with Crippen LogP contribution in [0, 0.1) is 5.92 Å². The Bertz CT molecular complexity index is 857. The number of halogens is 1. The molecule has 4 rings (SSSR count). The molecule has 0 aliphatic heterocycles. The van der Waals surface area contributed by atoms with E-state index < -0.39 is 0 Å². The van der Waals surface area contributed by atoms with Crippen LogP contribution in [0.25, 0.3) is 5.65 Å². The first-order valence-corrected chi connectivity index (χ1v) is 7.93. The number of imidazole rings is 1. The number of hydrogen-bond acceptors (Lipinski definition) is 3. The predicted molar refractivity (Wildman–Crippen MR) is 87.3 cm³/mol. The van der Waals surface area contributed by atoms with Crippen molar-refractivity contribution in [1.82, 2.24) is 9.38 Å². The molecule has 1 saturated carbocycles. The molecule has 0 bridgehead atoms. The summed E-state index contributed by atoms with van der Waals surface area (Å²) in [4.78, 5) is 16.5. The number of pyridine rings is 1. The van der Waals surface area contributed by atoms with Crippen molar-refractivity contribution >= 4 is 23.2 Å². The lowest BCUT2D eigenvalue weighted by Gasteiger charge is -2.07. The highest BCUT2D eigenvalue weighted by atomic mass is 35.5. The van der Waals surface area contributed by atoms with Crippen molar-refractivity contribution in [3.63, 3.8) is 0 Å². The van der Waals surface area contributed by atoms with E-state index >= 15 is 0 Å². The smallest absolute Gasteiger partial charge is 0.309 e. The third kappa shape index (κ3) is 2.82. The number of aromatic nitrogens is 2. The van der Waals surface area contributed by atoms with Gasteiger partial charge in [0.15, 0.2) is 0 Å². The number of fused-ring (bicyclic) bond motifs is 1. The van der Waals surface area contributed by atoms with Crippen LogP contribution in [0.15, 0.2) is 54.9 Å². The average molecular weight is 327 g/mol. The molecule has 116 valence electrons. The maximum absolute atomic E-state index is 12.2. The number of hydrogen-bond donors (Lipinski definition) is 0. The summed E-state index contributed by atoms with van der Waals surface area (Å²) < 4.78 is 7.42. The highest BCUT2D eigenvalue weighted by Gasteiger charge is 2.45. The summed E-state index contributed by atoms with van der Waals surface area (Å²) in [6, 6.07) is 13.4. The molecule has 0 radical (unpaired) electrons. The molecule has 0 spiro atoms. The fraction of sp³-hybridized carbons (Fsp3) is 0.222. The van der Waals surface area contributed by atoms with Crippen molar-refractivity contribution in [3.8, 4) is 0 Å². The van der Waals surface area contributed by atoms with Crippen LogP contribution in [-0.4, -0.2) is 15.4 Å². The van der Waals surface area contributed by atoms with Crippen LogP contribution in [0.2, 0.25) is 5.02 Å². The summed E-state index contributed by atoms with van der Waals surface area (Å²) >= 11 is 5.89. The van der Waals surface area contributed by atoms with E-state index in [0.717, 1.165) is 23.3 Å². The summed E-state index contributed by atoms with van der Waals surface area (Å²) in [5.74, 6) is 0.0732. The SMILES string of the molecule is O=C(OCc1cccc2nccn12)[C@H]1C[C@@H]1c1ccc(Cl)cc1. The van der Waals surface area contributed by atoms with Crippen molar-refractivity contribution < 1.29 is 9.53 Å². The van der Waals surface area contributed by atoms with Gasteiger partial charge in [-0.05, 0) is 42.2 Å². The van der Waals surface area contributed by atoms with Crippen molar-refractivity contribution in [1.29, 1.82) is 0 Å². The van der Waals surface area contributed by atoms with Crippen LogP contribution in [0.5, 0.6) is 0 Å². The predicted octanol–water partition coefficient (Wildman–Crippen LogP) is 3.83. The summed E-state index contributed by atoms with van der Waals surface area (Å²) in [6.07, 6.45) is 4.44. The number of benzene rings is 1. The molecular formula is C18H15ClN2O2. The summed E-state index contributed by atoms with van der Waals surface area (Å²) in [7, 11) is 0. The summed E-state index contributed by atoms with van der Waals surface area (Å²) in [5, 5.41) is 0.710. The van der Waals surface area contributed by atoms with Gasteiger partial charge in [-0.25, -0.2) is 4.98 Å². The Hall–Kier alpha value is -2.33. The largest absolute Gasteiger partial charge is 0.459 e. The molecule has 0 amide bonds. The van der Waals surface area contributed by atoms with E-state index in [1.807, 2.05) is 53.1 Å². The van der Waals surface area contributed by atoms with E-state index in [0.29, 0.717) is 5.02 Å². The number of ether oxygens (including phenoxy) is 1. The van der Waals surface area contributed by atoms with Gasteiger partial charge in [0.2, 0.25) is 0 Å². The number of rotatable bonds is 4. The van der Waals surface area contributed by atoms with E-state index in [9.17, 15) is 4.79 Å². The van der Waals surface area contributed by atoms with Gasteiger partial charge in [0.1, 0.15) is 12.3 Å². The van der Waals surface area contributed by atoms with E-state index in [-0.39, 0.29) is 24.4 Å². The quantitative estimate of drug-likeness (QED) is 0.684. The molecule has 1 fully saturated rings. The van der Waals surface area contributed by atoms with Crippen molar-refractivity contribution in [3.05, 3.63) is 71.1 Å². The Morgan fingerprint density at radius 3 is 2.91 bits per heavy atom. The lowest BCUT2D eigenvalue weighted by atomic mass is 10.1. The number of carbonyl (C=O) groups excluding carboxylic acids is 1. The van der Waals surface area contributed by atoms with Gasteiger partial charge in [-0.3, -0.25) is 4.79 Å². The molecule has 23 heavy (non-hydrogen) atoms. The minimum Gasteiger partial charge on any atom is -0.459 e. The molecule has 1 aliphatic carbocycles. The Morgan fingerprint density at radius 2 is 2.09 bits per heavy atom. The van der Waals surface area contributed by atoms with Crippen LogP contribution in [0.4, 0.5) is 0 Å². The maximum atomic E-state index is 12.2. The normalized spacial score (nSPS) is 19.7. The van der Waals surface area contributed by atoms with E-state index in [2.05, 4.69) is 4.98 Å². The number of carbonyl (C=O) groups is 1. The molecule has 2 heterocycles. The fourth-order valence-corrected chi connectivity index (χ4v) is 3.04. The monoisotopic (exact) mass is 326 g/mol. The molecular weight excluding hydrogens is 312 g/mol. The maximum Gasteiger partial charge on any atom is 0.309 e. The van der Waals surface area contributed by atoms with Crippen molar-refractivity contribution in [2.24, 2.45) is 5.92 Å². The van der Waals surface area contributed by atoms with Crippen LogP contribution in [-0.2, 0) is 16.1 Å². The van der Waals surface area contributed by atoms with E-state index in [1.54, 1.807) is 6.20 Å². The Labute approximate surface area is 138 Å². The first-order valence-electron chi connectivity index (χ1n) is 7.55. The van der Waals surface area contributed by atoms with Gasteiger partial charge in [0, 0.05) is 17.4 Å². The standard InChI is InChI=1S/C18H15ClN2O2/c19-13-6-4-12(5-7-13)15-10-16(15)18(22)23-11-14-2-1-3-17-20-8-9-21(14)17/h1-9,15-16H,10-11H2/t15-,16+/m1/s1. The second-order valence-electron chi connectivity index (χ2n) is 5.78. The van der Waals surface area contributed by atoms with Gasteiger partial charge < -0.3 is 9.14 Å². The van der Waals surface area contributed by atoms with Gasteiger partial charge >= 0.3 is 5.97 Å². The van der Waals surface area contributed by atoms with Crippen LogP contribution >= 0.6 is 11.6 Å². The number of nitrogens with zero attached hydrogens (tertiary/aromatic N) is 2. The van der Waals surface area contributed by atoms with Crippen LogP contribution < -0.4 is 0 Å². The lowest BCUT2D eigenvalue weighted by molar-refractivity contribution is -0.146. The molecule has 2 aromatic heterocycles. The van der Waals surface area contributed by atoms with E-state index in [1.165, 1.54) is 0 Å².